The summed E-state index contributed by atoms with van der Waals surface area (Å²) in [4.78, 5) is 11.8. The molecular formula is C15H18O4S. The first-order valence-electron chi connectivity index (χ1n) is 6.49. The zero-order valence-electron chi connectivity index (χ0n) is 11.8. The molecule has 1 aliphatic rings. The molecule has 4 nitrogen and oxygen atoms in total. The average Bonchev–Trinajstić information content (AvgIpc) is 2.64. The molecule has 0 saturated heterocycles. The van der Waals surface area contributed by atoms with Gasteiger partial charge >= 0.3 is 0 Å². The number of ketones is 1. The van der Waals surface area contributed by atoms with E-state index in [0.29, 0.717) is 11.3 Å². The van der Waals surface area contributed by atoms with Crippen molar-refractivity contribution in [3.05, 3.63) is 41.7 Å². The molecule has 0 N–H and O–H groups in total. The number of rotatable bonds is 4. The Morgan fingerprint density at radius 2 is 1.85 bits per heavy atom. The molecule has 0 radical (unpaired) electrons. The van der Waals surface area contributed by atoms with Crippen molar-refractivity contribution >= 4 is 15.6 Å². The van der Waals surface area contributed by atoms with E-state index in [9.17, 15) is 13.2 Å². The molecular weight excluding hydrogens is 276 g/mol. The highest BCUT2D eigenvalue weighted by Gasteiger charge is 2.37. The van der Waals surface area contributed by atoms with Gasteiger partial charge < -0.3 is 4.74 Å². The maximum absolute atomic E-state index is 12.3. The number of allylic oxidation sites excluding steroid dienone is 1. The maximum Gasteiger partial charge on any atom is 0.182 e. The molecule has 0 spiro atoms. The van der Waals surface area contributed by atoms with Crippen LogP contribution >= 0.6 is 0 Å². The maximum atomic E-state index is 12.3. The fraction of sp³-hybridized carbons (Fsp3) is 0.400. The third kappa shape index (κ3) is 2.77. The summed E-state index contributed by atoms with van der Waals surface area (Å²) in [6.07, 6.45) is -0.501. The van der Waals surface area contributed by atoms with E-state index in [1.165, 1.54) is 6.92 Å². The first-order chi connectivity index (χ1) is 9.33. The van der Waals surface area contributed by atoms with Crippen LogP contribution in [0.1, 0.15) is 20.8 Å². The zero-order chi connectivity index (χ0) is 14.9. The summed E-state index contributed by atoms with van der Waals surface area (Å²) in [5, 5.41) is 0. The normalized spacial score (nSPS) is 22.8. The van der Waals surface area contributed by atoms with E-state index in [0.717, 1.165) is 0 Å². The van der Waals surface area contributed by atoms with Gasteiger partial charge in [0.05, 0.1) is 10.6 Å². The van der Waals surface area contributed by atoms with Gasteiger partial charge in [-0.1, -0.05) is 25.1 Å². The van der Waals surface area contributed by atoms with Crippen LogP contribution in [0, 0.1) is 5.92 Å². The second-order valence-corrected chi connectivity index (χ2v) is 7.10. The summed E-state index contributed by atoms with van der Waals surface area (Å²) in [5.41, 5.74) is 0.596. The van der Waals surface area contributed by atoms with E-state index in [1.807, 2.05) is 6.92 Å². The second-order valence-electron chi connectivity index (χ2n) is 5.07. The summed E-state index contributed by atoms with van der Waals surface area (Å²) in [6, 6.07) is 8.29. The van der Waals surface area contributed by atoms with Gasteiger partial charge in [0, 0.05) is 11.5 Å². The van der Waals surface area contributed by atoms with Crippen molar-refractivity contribution in [3.8, 4) is 0 Å². The van der Waals surface area contributed by atoms with Crippen molar-refractivity contribution in [2.24, 2.45) is 5.92 Å². The van der Waals surface area contributed by atoms with Crippen molar-refractivity contribution in [1.82, 2.24) is 0 Å². The molecule has 1 aliphatic heterocycles. The summed E-state index contributed by atoms with van der Waals surface area (Å²) in [7, 11) is -3.41. The Balaban J connectivity index is 2.20. The number of carbonyl (C=O) groups excluding carboxylic acids is 1. The van der Waals surface area contributed by atoms with Gasteiger partial charge in [-0.3, -0.25) is 4.79 Å². The average molecular weight is 294 g/mol. The molecule has 1 aromatic rings. The molecule has 2 unspecified atom stereocenters. The Labute approximate surface area is 119 Å². The van der Waals surface area contributed by atoms with E-state index < -0.39 is 15.9 Å². The molecule has 108 valence electrons. The van der Waals surface area contributed by atoms with Crippen LogP contribution in [-0.2, 0) is 19.4 Å². The van der Waals surface area contributed by atoms with Gasteiger partial charge in [-0.2, -0.15) is 0 Å². The molecule has 2 atom stereocenters. The van der Waals surface area contributed by atoms with Crippen molar-refractivity contribution in [3.63, 3.8) is 0 Å². The minimum atomic E-state index is -3.41. The first kappa shape index (κ1) is 14.8. The van der Waals surface area contributed by atoms with Crippen molar-refractivity contribution < 1.29 is 17.9 Å². The standard InChI is InChI=1S/C15H18O4S/c1-10-14(19-12(3)15(10)11(2)16)9-20(17,18)13-7-5-4-6-8-13/h4-8,10,14H,9H2,1-3H3. The topological polar surface area (TPSA) is 60.4 Å². The number of benzene rings is 1. The number of sulfone groups is 1. The molecule has 0 saturated carbocycles. The zero-order valence-corrected chi connectivity index (χ0v) is 12.6. The molecule has 0 aliphatic carbocycles. The number of Topliss-reactive ketones (excluding diaryl/α,β-unsaturated/α-hetero) is 1. The van der Waals surface area contributed by atoms with Gasteiger partial charge in [0.15, 0.2) is 15.6 Å². The van der Waals surface area contributed by atoms with Crippen LogP contribution in [0.25, 0.3) is 0 Å². The Bertz CT molecular complexity index is 644. The lowest BCUT2D eigenvalue weighted by molar-refractivity contribution is -0.114. The number of hydrogen-bond acceptors (Lipinski definition) is 4. The minimum Gasteiger partial charge on any atom is -0.493 e. The van der Waals surface area contributed by atoms with Crippen molar-refractivity contribution in [2.45, 2.75) is 31.8 Å². The Morgan fingerprint density at radius 1 is 1.25 bits per heavy atom. The molecule has 0 fully saturated rings. The Kier molecular flexibility index (Phi) is 3.99. The van der Waals surface area contributed by atoms with Gasteiger partial charge in [-0.15, -0.1) is 0 Å². The summed E-state index contributed by atoms with van der Waals surface area (Å²) < 4.78 is 30.3. The van der Waals surface area contributed by atoms with Crippen LogP contribution in [0.4, 0.5) is 0 Å². The third-order valence-corrected chi connectivity index (χ3v) is 5.34. The molecule has 0 aromatic heterocycles. The van der Waals surface area contributed by atoms with Gasteiger partial charge in [-0.25, -0.2) is 8.42 Å². The summed E-state index contributed by atoms with van der Waals surface area (Å²) >= 11 is 0. The van der Waals surface area contributed by atoms with E-state index in [-0.39, 0.29) is 22.3 Å². The SMILES string of the molecule is CC(=O)C1=C(C)OC(CS(=O)(=O)c2ccccc2)C1C. The van der Waals surface area contributed by atoms with Crippen LogP contribution < -0.4 is 0 Å². The molecule has 1 heterocycles. The van der Waals surface area contributed by atoms with Crippen LogP contribution in [0.15, 0.2) is 46.6 Å². The minimum absolute atomic E-state index is 0.0605. The first-order valence-corrected chi connectivity index (χ1v) is 8.14. The lowest BCUT2D eigenvalue weighted by atomic mass is 9.95. The van der Waals surface area contributed by atoms with Crippen LogP contribution in [0.2, 0.25) is 0 Å². The monoisotopic (exact) mass is 294 g/mol. The Hall–Kier alpha value is -1.62. The number of carbonyl (C=O) groups is 1. The summed E-state index contributed by atoms with van der Waals surface area (Å²) in [6.45, 7) is 5.02. The predicted octanol–water partition coefficient (Wildman–Crippen LogP) is 2.36. The second kappa shape index (κ2) is 5.40. The molecule has 5 heteroatoms. The Morgan fingerprint density at radius 3 is 2.35 bits per heavy atom. The van der Waals surface area contributed by atoms with Gasteiger partial charge in [0.1, 0.15) is 11.9 Å². The van der Waals surface area contributed by atoms with Gasteiger partial charge in [0.2, 0.25) is 0 Å². The molecule has 0 bridgehead atoms. The van der Waals surface area contributed by atoms with Gasteiger partial charge in [0.25, 0.3) is 0 Å². The molecule has 20 heavy (non-hydrogen) atoms. The van der Waals surface area contributed by atoms with Gasteiger partial charge in [-0.05, 0) is 26.0 Å². The van der Waals surface area contributed by atoms with E-state index in [2.05, 4.69) is 0 Å². The molecule has 0 amide bonds. The summed E-state index contributed by atoms with van der Waals surface area (Å²) in [5.74, 6) is 0.158. The highest BCUT2D eigenvalue weighted by Crippen LogP contribution is 2.33. The van der Waals surface area contributed by atoms with E-state index in [4.69, 9.17) is 4.74 Å². The smallest absolute Gasteiger partial charge is 0.182 e. The fourth-order valence-electron chi connectivity index (χ4n) is 2.59. The number of ether oxygens (including phenoxy) is 1. The van der Waals surface area contributed by atoms with E-state index in [1.54, 1.807) is 37.3 Å². The number of hydrogen-bond donors (Lipinski definition) is 0. The van der Waals surface area contributed by atoms with Crippen molar-refractivity contribution in [1.29, 1.82) is 0 Å². The molecule has 1 aromatic carbocycles. The quantitative estimate of drug-likeness (QED) is 0.855. The lowest BCUT2D eigenvalue weighted by Gasteiger charge is -2.17. The predicted molar refractivity (Wildman–Crippen MR) is 75.9 cm³/mol. The highest BCUT2D eigenvalue weighted by atomic mass is 32.2. The van der Waals surface area contributed by atoms with Crippen molar-refractivity contribution in [2.75, 3.05) is 5.75 Å². The van der Waals surface area contributed by atoms with E-state index >= 15 is 0 Å². The highest BCUT2D eigenvalue weighted by molar-refractivity contribution is 7.91. The van der Waals surface area contributed by atoms with Crippen LogP contribution in [0.5, 0.6) is 0 Å². The molecule has 2 rings (SSSR count). The van der Waals surface area contributed by atoms with Crippen LogP contribution in [-0.4, -0.2) is 26.1 Å². The fourth-order valence-corrected chi connectivity index (χ4v) is 4.14. The lowest BCUT2D eigenvalue weighted by Crippen LogP contribution is -2.27. The largest absolute Gasteiger partial charge is 0.493 e. The third-order valence-electron chi connectivity index (χ3n) is 3.59. The van der Waals surface area contributed by atoms with Crippen LogP contribution in [0.3, 0.4) is 0 Å².